The Morgan fingerprint density at radius 3 is 2.55 bits per heavy atom. The largest absolute Gasteiger partial charge is 0.353 e. The molecule has 0 aromatic heterocycles. The Bertz CT molecular complexity index is 765. The van der Waals surface area contributed by atoms with Crippen LogP contribution in [0.2, 0.25) is 0 Å². The molecule has 0 bridgehead atoms. The van der Waals surface area contributed by atoms with Crippen molar-refractivity contribution in [1.82, 2.24) is 15.1 Å². The van der Waals surface area contributed by atoms with Gasteiger partial charge in [-0.25, -0.2) is 4.39 Å². The van der Waals surface area contributed by atoms with Gasteiger partial charge in [0.2, 0.25) is 5.91 Å². The van der Waals surface area contributed by atoms with E-state index in [1.165, 1.54) is 50.7 Å². The molecule has 2 heterocycles. The lowest BCUT2D eigenvalue weighted by molar-refractivity contribution is -0.125. The molecule has 3 fully saturated rings. The molecule has 5 nitrogen and oxygen atoms in total. The molecule has 31 heavy (non-hydrogen) atoms. The Balaban J connectivity index is 1.45. The monoisotopic (exact) mass is 447 g/mol. The first-order valence-electron chi connectivity index (χ1n) is 11.8. The average Bonchev–Trinajstić information content (AvgIpc) is 3.25. The Morgan fingerprint density at radius 1 is 1.06 bits per heavy atom. The number of amides is 2. The molecule has 1 saturated carbocycles. The fraction of sp³-hybridized carbons (Fsp3) is 0.667. The molecule has 1 aromatic carbocycles. The molecule has 1 aliphatic carbocycles. The summed E-state index contributed by atoms with van der Waals surface area (Å²) in [5, 5.41) is 3.08. The van der Waals surface area contributed by atoms with Gasteiger partial charge < -0.3 is 15.1 Å². The minimum absolute atomic E-state index is 0.00564. The maximum atomic E-state index is 13.8. The van der Waals surface area contributed by atoms with E-state index in [-0.39, 0.29) is 17.2 Å². The maximum Gasteiger partial charge on any atom is 0.255 e. The third kappa shape index (κ3) is 5.61. The number of rotatable bonds is 6. The molecule has 2 saturated heterocycles. The van der Waals surface area contributed by atoms with E-state index in [1.54, 1.807) is 28.8 Å². The summed E-state index contributed by atoms with van der Waals surface area (Å²) >= 11 is 1.72. The van der Waals surface area contributed by atoms with Gasteiger partial charge in [0.15, 0.2) is 0 Å². The van der Waals surface area contributed by atoms with Crippen molar-refractivity contribution in [2.75, 3.05) is 31.9 Å². The first-order valence-corrected chi connectivity index (χ1v) is 12.9. The van der Waals surface area contributed by atoms with Crippen LogP contribution in [0.4, 0.5) is 4.39 Å². The number of nitrogens with one attached hydrogen (secondary N) is 1. The summed E-state index contributed by atoms with van der Waals surface area (Å²) in [6.07, 6.45) is 9.53. The van der Waals surface area contributed by atoms with Crippen molar-refractivity contribution in [1.29, 1.82) is 0 Å². The second kappa shape index (κ2) is 10.8. The van der Waals surface area contributed by atoms with Crippen LogP contribution in [0, 0.1) is 11.7 Å². The van der Waals surface area contributed by atoms with Crippen molar-refractivity contribution in [3.63, 3.8) is 0 Å². The third-order valence-corrected chi connectivity index (χ3v) is 8.33. The van der Waals surface area contributed by atoms with Gasteiger partial charge in [0, 0.05) is 24.4 Å². The van der Waals surface area contributed by atoms with E-state index in [1.807, 2.05) is 0 Å². The average molecular weight is 448 g/mol. The van der Waals surface area contributed by atoms with Crippen LogP contribution in [0.15, 0.2) is 24.3 Å². The number of carbonyl (C=O) groups excluding carboxylic acids is 2. The summed E-state index contributed by atoms with van der Waals surface area (Å²) in [7, 11) is 0. The van der Waals surface area contributed by atoms with Crippen LogP contribution in [-0.4, -0.2) is 65.0 Å². The first-order chi connectivity index (χ1) is 15.1. The Morgan fingerprint density at radius 2 is 1.81 bits per heavy atom. The standard InChI is InChI=1S/C24H34FN3O2S/c25-20-11-7-10-19(16-20)23(30)28-21(17-31-24(28)18-8-3-1-4-9-18)22(29)26-12-15-27-13-5-2-6-14-27/h7,10-11,16,18,21,24H,1-6,8-9,12-15,17H2,(H,26,29). The fourth-order valence-corrected chi connectivity index (χ4v) is 6.82. The number of hydrogen-bond acceptors (Lipinski definition) is 4. The summed E-state index contributed by atoms with van der Waals surface area (Å²) in [5.41, 5.74) is 0.328. The van der Waals surface area contributed by atoms with Crippen molar-refractivity contribution < 1.29 is 14.0 Å². The van der Waals surface area contributed by atoms with Crippen LogP contribution in [0.25, 0.3) is 0 Å². The van der Waals surface area contributed by atoms with Crippen molar-refractivity contribution in [3.8, 4) is 0 Å². The number of nitrogens with zero attached hydrogens (tertiary/aromatic N) is 2. The van der Waals surface area contributed by atoms with Gasteiger partial charge in [-0.05, 0) is 62.9 Å². The maximum absolute atomic E-state index is 13.8. The predicted molar refractivity (Wildman–Crippen MR) is 122 cm³/mol. The quantitative estimate of drug-likeness (QED) is 0.719. The predicted octanol–water partition coefficient (Wildman–Crippen LogP) is 3.89. The zero-order chi connectivity index (χ0) is 21.6. The van der Waals surface area contributed by atoms with E-state index in [9.17, 15) is 14.0 Å². The summed E-state index contributed by atoms with van der Waals surface area (Å²) in [4.78, 5) is 30.7. The van der Waals surface area contributed by atoms with E-state index in [0.29, 0.717) is 23.8 Å². The van der Waals surface area contributed by atoms with E-state index in [4.69, 9.17) is 0 Å². The van der Waals surface area contributed by atoms with Gasteiger partial charge in [-0.15, -0.1) is 11.8 Å². The molecule has 3 aliphatic rings. The second-order valence-corrected chi connectivity index (χ2v) is 10.2. The first kappa shape index (κ1) is 22.6. The number of thioether (sulfide) groups is 1. The summed E-state index contributed by atoms with van der Waals surface area (Å²) in [6.45, 7) is 3.66. The number of halogens is 1. The molecule has 2 atom stereocenters. The van der Waals surface area contributed by atoms with Crippen LogP contribution in [0.1, 0.15) is 61.7 Å². The van der Waals surface area contributed by atoms with Crippen molar-refractivity contribution >= 4 is 23.6 Å². The zero-order valence-electron chi connectivity index (χ0n) is 18.2. The highest BCUT2D eigenvalue weighted by atomic mass is 32.2. The Labute approximate surface area is 189 Å². The lowest BCUT2D eigenvalue weighted by Crippen LogP contribution is -2.52. The van der Waals surface area contributed by atoms with E-state index in [0.717, 1.165) is 32.5 Å². The minimum atomic E-state index is -0.492. The van der Waals surface area contributed by atoms with Gasteiger partial charge in [-0.1, -0.05) is 31.7 Å². The van der Waals surface area contributed by atoms with Crippen molar-refractivity contribution in [2.45, 2.75) is 62.8 Å². The van der Waals surface area contributed by atoms with Gasteiger partial charge in [-0.2, -0.15) is 0 Å². The van der Waals surface area contributed by atoms with Gasteiger partial charge >= 0.3 is 0 Å². The molecule has 2 aliphatic heterocycles. The van der Waals surface area contributed by atoms with Crippen molar-refractivity contribution in [2.24, 2.45) is 5.92 Å². The number of likely N-dealkylation sites (tertiary alicyclic amines) is 1. The lowest BCUT2D eigenvalue weighted by atomic mass is 9.88. The minimum Gasteiger partial charge on any atom is -0.353 e. The van der Waals surface area contributed by atoms with Gasteiger partial charge in [-0.3, -0.25) is 9.59 Å². The Kier molecular flexibility index (Phi) is 7.88. The zero-order valence-corrected chi connectivity index (χ0v) is 19.0. The molecule has 4 rings (SSSR count). The molecular weight excluding hydrogens is 413 g/mol. The van der Waals surface area contributed by atoms with Gasteiger partial charge in [0.25, 0.3) is 5.91 Å². The summed E-state index contributed by atoms with van der Waals surface area (Å²) in [5.74, 6) is 0.290. The molecule has 7 heteroatoms. The van der Waals surface area contributed by atoms with E-state index in [2.05, 4.69) is 10.2 Å². The molecule has 1 aromatic rings. The van der Waals surface area contributed by atoms with Gasteiger partial charge in [0.05, 0.1) is 5.37 Å². The van der Waals surface area contributed by atoms with Gasteiger partial charge in [0.1, 0.15) is 11.9 Å². The third-order valence-electron chi connectivity index (χ3n) is 6.87. The highest BCUT2D eigenvalue weighted by Gasteiger charge is 2.45. The van der Waals surface area contributed by atoms with E-state index >= 15 is 0 Å². The normalized spacial score (nSPS) is 25.5. The van der Waals surface area contributed by atoms with Crippen LogP contribution in [-0.2, 0) is 4.79 Å². The highest BCUT2D eigenvalue weighted by molar-refractivity contribution is 8.00. The molecule has 1 N–H and O–H groups in total. The van der Waals surface area contributed by atoms with Crippen LogP contribution in [0.3, 0.4) is 0 Å². The topological polar surface area (TPSA) is 52.7 Å². The highest BCUT2D eigenvalue weighted by Crippen LogP contribution is 2.41. The van der Waals surface area contributed by atoms with Crippen LogP contribution in [0.5, 0.6) is 0 Å². The second-order valence-electron chi connectivity index (χ2n) is 9.05. The summed E-state index contributed by atoms with van der Waals surface area (Å²) in [6, 6.07) is 5.36. The number of carbonyl (C=O) groups is 2. The summed E-state index contributed by atoms with van der Waals surface area (Å²) < 4.78 is 13.8. The smallest absolute Gasteiger partial charge is 0.255 e. The van der Waals surface area contributed by atoms with E-state index < -0.39 is 11.9 Å². The molecule has 170 valence electrons. The van der Waals surface area contributed by atoms with Crippen molar-refractivity contribution in [3.05, 3.63) is 35.6 Å². The number of piperidine rings is 1. The molecule has 2 unspecified atom stereocenters. The molecule has 0 radical (unpaired) electrons. The molecular formula is C24H34FN3O2S. The Hall–Kier alpha value is -1.60. The SMILES string of the molecule is O=C(NCCN1CCCCC1)C1CSC(C2CCCCC2)N1C(=O)c1cccc(F)c1. The molecule has 2 amide bonds. The number of hydrogen-bond donors (Lipinski definition) is 1. The number of benzene rings is 1. The van der Waals surface area contributed by atoms with Crippen LogP contribution < -0.4 is 5.32 Å². The van der Waals surface area contributed by atoms with Crippen LogP contribution >= 0.6 is 11.8 Å². The lowest BCUT2D eigenvalue weighted by Gasteiger charge is -2.35. The molecule has 0 spiro atoms. The fourth-order valence-electron chi connectivity index (χ4n) is 5.18.